The van der Waals surface area contributed by atoms with E-state index in [4.69, 9.17) is 31.6 Å². The van der Waals surface area contributed by atoms with E-state index >= 15 is 0 Å². The van der Waals surface area contributed by atoms with Gasteiger partial charge in [-0.25, -0.2) is 13.8 Å². The Bertz CT molecular complexity index is 6520. The number of piperidine rings is 2. The third-order valence-electron chi connectivity index (χ3n) is 25.0. The maximum Gasteiger partial charge on any atom is 0.273 e. The van der Waals surface area contributed by atoms with Crippen LogP contribution in [-0.4, -0.2) is 172 Å². The van der Waals surface area contributed by atoms with Crippen LogP contribution < -0.4 is 15.4 Å². The molecule has 0 spiro atoms. The van der Waals surface area contributed by atoms with E-state index in [2.05, 4.69) is 94.2 Å². The fourth-order valence-corrected chi connectivity index (χ4v) is 18.6. The fraction of sp³-hybridized carbons (Fsp3) is 0.280. The molecular formula is C107H108ClF2N17O5S. The number of fused-ring (bicyclic) bond motifs is 1. The molecule has 5 aromatic heterocycles. The number of anilines is 2. The Morgan fingerprint density at radius 3 is 1.33 bits per heavy atom. The predicted octanol–water partition coefficient (Wildman–Crippen LogP) is 20.1. The SMILES string of the molecule is CCc1cc(-c2ccc(F)c(C)c2)nn1CC(=O)N1CCc2nc(OC)sc2CC1.Cc1cc(-c2cc(-c3ccccc3)n(CC(=O)N3CCC4=C(CC3)CN=C4)n2)ccc1F.Cc1ccc(NC2CCN(C(=O)Cn3nc(-c4ccccc4)cc3-c3ccccc3)CC2)c(C)c1.N#Cc1ccc(Cl)cc1NC1CCN(C(=O)Cn2nc(-c3ccccc3)cc2-c2ccccc2)CC1. The molecule has 26 heteroatoms. The van der Waals surface area contributed by atoms with E-state index in [1.807, 2.05) is 188 Å². The van der Waals surface area contributed by atoms with Crippen molar-refractivity contribution in [3.8, 4) is 90.1 Å². The van der Waals surface area contributed by atoms with Crippen molar-refractivity contribution in [2.75, 3.05) is 76.6 Å². The Balaban J connectivity index is 0.000000129. The van der Waals surface area contributed by atoms with Gasteiger partial charge in [0.2, 0.25) is 23.6 Å². The summed E-state index contributed by atoms with van der Waals surface area (Å²) in [6.07, 6.45) is 9.47. The van der Waals surface area contributed by atoms with Crippen molar-refractivity contribution in [3.63, 3.8) is 0 Å². The zero-order chi connectivity index (χ0) is 92.4. The van der Waals surface area contributed by atoms with Crippen molar-refractivity contribution in [1.29, 1.82) is 5.26 Å². The third kappa shape index (κ3) is 23.0. The number of halogens is 3. The van der Waals surface area contributed by atoms with Crippen LogP contribution >= 0.6 is 22.9 Å². The van der Waals surface area contributed by atoms with Crippen LogP contribution in [-0.2, 0) is 64.6 Å². The van der Waals surface area contributed by atoms with Crippen LogP contribution in [0.25, 0.3) is 78.8 Å². The number of carbonyl (C=O) groups excluding carboxylic acids is 4. The minimum absolute atomic E-state index is 0.0498. The van der Waals surface area contributed by atoms with Gasteiger partial charge in [0, 0.05) is 127 Å². The summed E-state index contributed by atoms with van der Waals surface area (Å²) in [4.78, 5) is 70.6. The quantitative estimate of drug-likeness (QED) is 0.0682. The Morgan fingerprint density at radius 1 is 0.451 bits per heavy atom. The molecule has 0 atom stereocenters. The second kappa shape index (κ2) is 43.2. The highest BCUT2D eigenvalue weighted by Gasteiger charge is 2.31. The van der Waals surface area contributed by atoms with Crippen molar-refractivity contribution in [2.24, 2.45) is 4.99 Å². The Labute approximate surface area is 783 Å². The lowest BCUT2D eigenvalue weighted by Crippen LogP contribution is -2.43. The number of aromatic nitrogens is 9. The molecule has 14 aromatic rings. The number of benzene rings is 9. The van der Waals surface area contributed by atoms with Crippen molar-refractivity contribution in [1.82, 2.24) is 63.7 Å². The number of likely N-dealkylation sites (tertiary alicyclic amines) is 2. The molecule has 133 heavy (non-hydrogen) atoms. The number of methoxy groups -OCH3 is 1. The van der Waals surface area contributed by atoms with Gasteiger partial charge < -0.3 is 35.0 Å². The molecule has 19 rings (SSSR count). The minimum atomic E-state index is -0.238. The molecular weight excluding hydrogens is 1710 g/mol. The molecule has 5 aliphatic heterocycles. The van der Waals surface area contributed by atoms with E-state index in [9.17, 15) is 33.2 Å². The number of ether oxygens (including phenoxy) is 1. The molecule has 0 radical (unpaired) electrons. The van der Waals surface area contributed by atoms with Gasteiger partial charge in [-0.15, -0.1) is 0 Å². The van der Waals surface area contributed by atoms with Gasteiger partial charge in [0.05, 0.1) is 70.5 Å². The Hall–Kier alpha value is -14.2. The van der Waals surface area contributed by atoms with Crippen LogP contribution in [0.4, 0.5) is 20.2 Å². The molecule has 678 valence electrons. The number of nitrogens with one attached hydrogen (secondary N) is 2. The second-order valence-corrected chi connectivity index (χ2v) is 35.6. The van der Waals surface area contributed by atoms with Crippen LogP contribution in [0.1, 0.15) is 89.5 Å². The summed E-state index contributed by atoms with van der Waals surface area (Å²) in [6, 6.07) is 82.8. The van der Waals surface area contributed by atoms with Crippen molar-refractivity contribution >= 4 is 64.2 Å². The van der Waals surface area contributed by atoms with E-state index in [1.165, 1.54) is 45.0 Å². The average Bonchev–Trinajstić information content (AvgIpc) is 1.53. The number of carbonyl (C=O) groups is 4. The Morgan fingerprint density at radius 2 is 0.872 bits per heavy atom. The first kappa shape index (κ1) is 92.1. The van der Waals surface area contributed by atoms with Gasteiger partial charge in [0.25, 0.3) is 5.19 Å². The molecule has 0 bridgehead atoms. The summed E-state index contributed by atoms with van der Waals surface area (Å²) < 4.78 is 39.8. The van der Waals surface area contributed by atoms with E-state index in [-0.39, 0.29) is 67.5 Å². The van der Waals surface area contributed by atoms with E-state index < -0.39 is 0 Å². The largest absolute Gasteiger partial charge is 0.473 e. The van der Waals surface area contributed by atoms with Crippen molar-refractivity contribution in [2.45, 2.75) is 131 Å². The number of amides is 4. The first-order chi connectivity index (χ1) is 64.7. The predicted molar refractivity (Wildman–Crippen MR) is 523 cm³/mol. The number of thiazole rings is 1. The standard InChI is InChI=1S/C30H32N4O.C29H26ClN5O.C26H25FN4O.C22H25FN4O2S/c1-22-13-14-27(23(2)19-22)31-26-15-17-33(18-16-26)30(35)21-34-29(25-11-7-4-8-12-25)20-28(32-34)24-9-5-3-6-10-24;30-24-12-11-23(19-31)26(17-24)32-25-13-15-34(16-14-25)29(36)20-35-28(22-9-5-2-6-10-22)18-27(33-35)21-7-3-1-4-8-21;1-18-13-20(7-8-23(18)27)24-14-25(19-5-3-2-4-6-19)31(29-24)17-26(32)30-11-9-21-15-28-16-22(21)10-12-30;1-4-16-12-19(15-5-6-17(23)14(2)11-15)25-27(16)13-21(28)26-9-7-18-20(8-10-26)30-22(24-18)29-3/h3-14,19-20,26,31H,15-18,21H2,1-2H3;1-12,17-18,25,32H,13-16,20H2;2-8,13-15H,9-12,16-17H2,1H3;5-6,11-12H,4,7-10,13H2,1-3H3. The van der Waals surface area contributed by atoms with E-state index in [0.717, 1.165) is 173 Å². The molecule has 0 unspecified atom stereocenters. The number of aliphatic imine (C=N–C) groups is 1. The number of nitrogens with zero attached hydrogens (tertiary/aromatic N) is 15. The smallest absolute Gasteiger partial charge is 0.273 e. The van der Waals surface area contributed by atoms with E-state index in [1.54, 1.807) is 84.1 Å². The first-order valence-corrected chi connectivity index (χ1v) is 46.7. The molecule has 22 nitrogen and oxygen atoms in total. The topological polar surface area (TPSA) is 235 Å². The number of nitriles is 1. The van der Waals surface area contributed by atoms with Gasteiger partial charge in [-0.1, -0.05) is 199 Å². The van der Waals surface area contributed by atoms with Gasteiger partial charge in [0.1, 0.15) is 43.9 Å². The molecule has 5 aliphatic rings. The zero-order valence-electron chi connectivity index (χ0n) is 75.8. The monoisotopic (exact) mass is 1820 g/mol. The molecule has 10 heterocycles. The number of hydrogen-bond acceptors (Lipinski definition) is 15. The normalized spacial score (nSPS) is 14.4. The van der Waals surface area contributed by atoms with Crippen molar-refractivity contribution < 1.29 is 32.7 Å². The lowest BCUT2D eigenvalue weighted by atomic mass is 10.0. The van der Waals surface area contributed by atoms with Gasteiger partial charge >= 0.3 is 0 Å². The summed E-state index contributed by atoms with van der Waals surface area (Å²) in [5.74, 6) is -0.185. The maximum absolute atomic E-state index is 13.8. The zero-order valence-corrected chi connectivity index (χ0v) is 77.3. The van der Waals surface area contributed by atoms with Crippen LogP contribution in [0, 0.1) is 50.7 Å². The minimum Gasteiger partial charge on any atom is -0.473 e. The van der Waals surface area contributed by atoms with E-state index in [0.29, 0.717) is 72.2 Å². The summed E-state index contributed by atoms with van der Waals surface area (Å²) >= 11 is 7.68. The summed E-state index contributed by atoms with van der Waals surface area (Å²) in [7, 11) is 1.63. The first-order valence-electron chi connectivity index (χ1n) is 45.5. The van der Waals surface area contributed by atoms with Gasteiger partial charge in [-0.3, -0.25) is 42.9 Å². The molecule has 4 amide bonds. The molecule has 2 saturated heterocycles. The highest BCUT2D eigenvalue weighted by molar-refractivity contribution is 7.13. The van der Waals surface area contributed by atoms with Crippen LogP contribution in [0.3, 0.4) is 0 Å². The second-order valence-electron chi connectivity index (χ2n) is 34.1. The van der Waals surface area contributed by atoms with Crippen LogP contribution in [0.5, 0.6) is 5.19 Å². The van der Waals surface area contributed by atoms with Crippen LogP contribution in [0.2, 0.25) is 5.02 Å². The number of rotatable bonds is 21. The lowest BCUT2D eigenvalue weighted by molar-refractivity contribution is -0.133. The lowest BCUT2D eigenvalue weighted by Gasteiger charge is -2.33. The molecule has 2 fully saturated rings. The van der Waals surface area contributed by atoms with Gasteiger partial charge in [-0.05, 0) is 202 Å². The summed E-state index contributed by atoms with van der Waals surface area (Å²) in [5, 5.41) is 36.8. The van der Waals surface area contributed by atoms with Gasteiger partial charge in [-0.2, -0.15) is 25.7 Å². The number of aryl methyl sites for hydroxylation is 5. The fourth-order valence-electron chi connectivity index (χ4n) is 17.5. The Kier molecular flexibility index (Phi) is 29.9. The molecule has 0 saturated carbocycles. The third-order valence-corrected chi connectivity index (χ3v) is 26.4. The van der Waals surface area contributed by atoms with Gasteiger partial charge in [0.15, 0.2) is 0 Å². The number of hydrogen-bond donors (Lipinski definition) is 2. The maximum atomic E-state index is 13.8. The highest BCUT2D eigenvalue weighted by Crippen LogP contribution is 2.35. The highest BCUT2D eigenvalue weighted by atomic mass is 35.5. The molecule has 2 N–H and O–H groups in total. The molecule has 0 aliphatic carbocycles. The van der Waals surface area contributed by atoms with Crippen LogP contribution in [0.15, 0.2) is 265 Å². The molecule has 9 aromatic carbocycles. The van der Waals surface area contributed by atoms with Crippen molar-refractivity contribution in [3.05, 3.63) is 321 Å². The summed E-state index contributed by atoms with van der Waals surface area (Å²) in [6.45, 7) is 16.9. The average molecular weight is 1820 g/mol. The summed E-state index contributed by atoms with van der Waals surface area (Å²) in [5.41, 5.74) is 23.7.